The highest BCUT2D eigenvalue weighted by molar-refractivity contribution is 7.91. The third-order valence-corrected chi connectivity index (χ3v) is 4.67. The van der Waals surface area contributed by atoms with Gasteiger partial charge in [-0.2, -0.15) is 0 Å². The summed E-state index contributed by atoms with van der Waals surface area (Å²) >= 11 is 0. The van der Waals surface area contributed by atoms with Crippen LogP contribution in [0.4, 0.5) is 0 Å². The smallest absolute Gasteiger partial charge is 0.153 e. The lowest BCUT2D eigenvalue weighted by molar-refractivity contribution is 0.241. The van der Waals surface area contributed by atoms with E-state index >= 15 is 0 Å². The summed E-state index contributed by atoms with van der Waals surface area (Å²) in [5.74, 6) is 1.34. The summed E-state index contributed by atoms with van der Waals surface area (Å²) in [5.41, 5.74) is 0. The van der Waals surface area contributed by atoms with Gasteiger partial charge < -0.3 is 5.32 Å². The summed E-state index contributed by atoms with van der Waals surface area (Å²) in [7, 11) is -2.72. The Hall–Kier alpha value is -0.0900. The van der Waals surface area contributed by atoms with E-state index < -0.39 is 9.84 Å². The Morgan fingerprint density at radius 1 is 1.25 bits per heavy atom. The van der Waals surface area contributed by atoms with Crippen LogP contribution >= 0.6 is 0 Å². The molecule has 0 bridgehead atoms. The summed E-state index contributed by atoms with van der Waals surface area (Å²) in [4.78, 5) is 0. The first-order valence-electron chi connectivity index (χ1n) is 4.61. The van der Waals surface area contributed by atoms with Crippen molar-refractivity contribution in [1.29, 1.82) is 0 Å². The largest absolute Gasteiger partial charge is 0.312 e. The van der Waals surface area contributed by atoms with Crippen LogP contribution in [0.3, 0.4) is 0 Å². The van der Waals surface area contributed by atoms with E-state index in [2.05, 4.69) is 5.32 Å². The van der Waals surface area contributed by atoms with Crippen molar-refractivity contribution in [2.75, 3.05) is 18.1 Å². The van der Waals surface area contributed by atoms with Crippen molar-refractivity contribution in [1.82, 2.24) is 5.32 Å². The molecule has 1 saturated heterocycles. The van der Waals surface area contributed by atoms with Gasteiger partial charge in [-0.05, 0) is 18.8 Å². The lowest BCUT2D eigenvalue weighted by atomic mass is 9.80. The first-order chi connectivity index (χ1) is 5.67. The van der Waals surface area contributed by atoms with Crippen LogP contribution in [0.25, 0.3) is 0 Å². The molecule has 0 aromatic carbocycles. The second-order valence-electron chi connectivity index (χ2n) is 3.87. The fraction of sp³-hybridized carbons (Fsp3) is 1.00. The van der Waals surface area contributed by atoms with Crippen LogP contribution in [0.1, 0.15) is 19.3 Å². The van der Waals surface area contributed by atoms with E-state index in [4.69, 9.17) is 0 Å². The first kappa shape index (κ1) is 8.51. The third kappa shape index (κ3) is 1.64. The first-order valence-corrected chi connectivity index (χ1v) is 6.43. The Labute approximate surface area is 73.5 Å². The van der Waals surface area contributed by atoms with Gasteiger partial charge in [-0.3, -0.25) is 0 Å². The molecule has 0 spiro atoms. The lowest BCUT2D eigenvalue weighted by Crippen LogP contribution is -2.50. The van der Waals surface area contributed by atoms with Gasteiger partial charge >= 0.3 is 0 Å². The second kappa shape index (κ2) is 3.00. The van der Waals surface area contributed by atoms with Crippen molar-refractivity contribution in [2.24, 2.45) is 5.92 Å². The molecule has 3 nitrogen and oxygen atoms in total. The zero-order valence-corrected chi connectivity index (χ0v) is 7.94. The highest BCUT2D eigenvalue weighted by atomic mass is 32.2. The topological polar surface area (TPSA) is 46.2 Å². The van der Waals surface area contributed by atoms with Gasteiger partial charge in [0.2, 0.25) is 0 Å². The Morgan fingerprint density at radius 3 is 2.50 bits per heavy atom. The van der Waals surface area contributed by atoms with Crippen LogP contribution < -0.4 is 5.32 Å². The van der Waals surface area contributed by atoms with Gasteiger partial charge in [0.15, 0.2) is 9.84 Å². The van der Waals surface area contributed by atoms with Crippen molar-refractivity contribution < 1.29 is 8.42 Å². The van der Waals surface area contributed by atoms with Gasteiger partial charge in [-0.15, -0.1) is 0 Å². The molecule has 1 aliphatic carbocycles. The molecule has 2 rings (SSSR count). The molecule has 0 radical (unpaired) electrons. The van der Waals surface area contributed by atoms with Crippen molar-refractivity contribution >= 4 is 9.84 Å². The minimum Gasteiger partial charge on any atom is -0.312 e. The zero-order valence-electron chi connectivity index (χ0n) is 7.12. The lowest BCUT2D eigenvalue weighted by Gasteiger charge is -2.36. The van der Waals surface area contributed by atoms with Gasteiger partial charge in [0, 0.05) is 12.6 Å². The summed E-state index contributed by atoms with van der Waals surface area (Å²) in [6.07, 6.45) is 3.71. The third-order valence-electron chi connectivity index (χ3n) is 2.97. The molecule has 4 heteroatoms. The maximum atomic E-state index is 11.3. The average molecular weight is 189 g/mol. The molecule has 0 aromatic rings. The Balaban J connectivity index is 1.98. The average Bonchev–Trinajstić information content (AvgIpc) is 1.80. The van der Waals surface area contributed by atoms with Crippen LogP contribution in [-0.4, -0.2) is 32.5 Å². The van der Waals surface area contributed by atoms with E-state index in [0.717, 1.165) is 0 Å². The Bertz CT molecular complexity index is 256. The zero-order chi connectivity index (χ0) is 8.60. The molecule has 1 unspecified atom stereocenters. The molecule has 0 amide bonds. The molecule has 1 N–H and O–H groups in total. The van der Waals surface area contributed by atoms with Gasteiger partial charge in [-0.1, -0.05) is 6.42 Å². The second-order valence-corrected chi connectivity index (χ2v) is 6.09. The molecule has 0 aromatic heterocycles. The van der Waals surface area contributed by atoms with Crippen LogP contribution in [0.15, 0.2) is 0 Å². The van der Waals surface area contributed by atoms with Crippen LogP contribution in [0, 0.1) is 5.92 Å². The van der Waals surface area contributed by atoms with Crippen molar-refractivity contribution in [3.63, 3.8) is 0 Å². The molecule has 2 fully saturated rings. The fourth-order valence-corrected chi connectivity index (χ4v) is 3.49. The summed E-state index contributed by atoms with van der Waals surface area (Å²) in [5, 5.41) is 3.30. The molecule has 2 aliphatic rings. The van der Waals surface area contributed by atoms with Crippen molar-refractivity contribution in [3.8, 4) is 0 Å². The number of hydrogen-bond acceptors (Lipinski definition) is 3. The molecule has 1 heterocycles. The van der Waals surface area contributed by atoms with Crippen molar-refractivity contribution in [3.05, 3.63) is 0 Å². The Kier molecular flexibility index (Phi) is 2.12. The van der Waals surface area contributed by atoms with E-state index in [0.29, 0.717) is 24.0 Å². The molecule has 1 atom stereocenters. The molecule has 12 heavy (non-hydrogen) atoms. The van der Waals surface area contributed by atoms with E-state index in [-0.39, 0.29) is 6.04 Å². The van der Waals surface area contributed by atoms with E-state index in [1.807, 2.05) is 0 Å². The highest BCUT2D eigenvalue weighted by Gasteiger charge is 2.33. The van der Waals surface area contributed by atoms with Crippen molar-refractivity contribution in [2.45, 2.75) is 25.3 Å². The monoisotopic (exact) mass is 189 g/mol. The van der Waals surface area contributed by atoms with E-state index in [1.165, 1.54) is 19.3 Å². The highest BCUT2D eigenvalue weighted by Crippen LogP contribution is 2.30. The van der Waals surface area contributed by atoms with Gasteiger partial charge in [0.25, 0.3) is 0 Å². The van der Waals surface area contributed by atoms with E-state index in [1.54, 1.807) is 0 Å². The summed E-state index contributed by atoms with van der Waals surface area (Å²) in [6.45, 7) is 0.656. The van der Waals surface area contributed by atoms with Gasteiger partial charge in [0.1, 0.15) is 0 Å². The maximum Gasteiger partial charge on any atom is 0.153 e. The number of rotatable bonds is 1. The molecule has 70 valence electrons. The number of sulfone groups is 1. The molecular weight excluding hydrogens is 174 g/mol. The quantitative estimate of drug-likeness (QED) is 0.640. The van der Waals surface area contributed by atoms with Crippen LogP contribution in [-0.2, 0) is 9.84 Å². The number of nitrogens with one attached hydrogen (secondary N) is 1. The van der Waals surface area contributed by atoms with E-state index in [9.17, 15) is 8.42 Å². The minimum atomic E-state index is -2.72. The predicted molar refractivity (Wildman–Crippen MR) is 47.8 cm³/mol. The van der Waals surface area contributed by atoms with Gasteiger partial charge in [-0.25, -0.2) is 8.42 Å². The molecule has 1 aliphatic heterocycles. The normalized spacial score (nSPS) is 35.8. The minimum absolute atomic E-state index is 0.262. The molecular formula is C8H15NO2S. The molecule has 1 saturated carbocycles. The summed E-state index contributed by atoms with van der Waals surface area (Å²) in [6, 6.07) is 0.262. The standard InChI is InChI=1S/C8H15NO2S/c10-12(11)5-4-9-8(6-12)7-2-1-3-7/h7-9H,1-6H2. The SMILES string of the molecule is O=S1(=O)CCNC(C2CCC2)C1. The Morgan fingerprint density at radius 2 is 2.00 bits per heavy atom. The van der Waals surface area contributed by atoms with Crippen LogP contribution in [0.5, 0.6) is 0 Å². The fourth-order valence-electron chi connectivity index (χ4n) is 1.96. The van der Waals surface area contributed by atoms with Crippen LogP contribution in [0.2, 0.25) is 0 Å². The predicted octanol–water partition coefficient (Wildman–Crippen LogP) is 0.173. The number of hydrogen-bond donors (Lipinski definition) is 1. The van der Waals surface area contributed by atoms with Gasteiger partial charge in [0.05, 0.1) is 11.5 Å². The maximum absolute atomic E-state index is 11.3. The summed E-state index contributed by atoms with van der Waals surface area (Å²) < 4.78 is 22.5.